The molecule has 3 nitrogen and oxygen atoms in total. The topological polar surface area (TPSA) is 52.5 Å². The Morgan fingerprint density at radius 2 is 2.46 bits per heavy atom. The highest BCUT2D eigenvalue weighted by Crippen LogP contribution is 2.23. The van der Waals surface area contributed by atoms with Crippen LogP contribution in [0.2, 0.25) is 0 Å². The number of hydrogen-bond donors (Lipinski definition) is 1. The van der Waals surface area contributed by atoms with Crippen molar-refractivity contribution >= 4 is 10.9 Å². The summed E-state index contributed by atoms with van der Waals surface area (Å²) in [5.74, 6) is -0.0852. The maximum absolute atomic E-state index is 8.78. The van der Waals surface area contributed by atoms with E-state index in [2.05, 4.69) is 16.0 Å². The van der Waals surface area contributed by atoms with Crippen molar-refractivity contribution in [2.24, 2.45) is 0 Å². The molecule has 0 bridgehead atoms. The summed E-state index contributed by atoms with van der Waals surface area (Å²) in [6, 6.07) is 4.12. The van der Waals surface area contributed by atoms with E-state index in [1.165, 1.54) is 0 Å². The molecular formula is C10H9N3. The van der Waals surface area contributed by atoms with Gasteiger partial charge in [-0.3, -0.25) is 4.98 Å². The van der Waals surface area contributed by atoms with E-state index in [1.54, 1.807) is 12.4 Å². The average molecular weight is 171 g/mol. The van der Waals surface area contributed by atoms with Gasteiger partial charge in [0.1, 0.15) is 0 Å². The Labute approximate surface area is 76.0 Å². The van der Waals surface area contributed by atoms with Crippen molar-refractivity contribution < 1.29 is 0 Å². The van der Waals surface area contributed by atoms with Gasteiger partial charge < -0.3 is 4.98 Å². The standard InChI is InChI=1S/C10H9N3/c1-7(4-11)8-6-13-10-2-3-12-5-9(8)10/h2-3,5-7,13H,1H3. The van der Waals surface area contributed by atoms with E-state index in [0.717, 1.165) is 16.5 Å². The van der Waals surface area contributed by atoms with Gasteiger partial charge in [-0.2, -0.15) is 5.26 Å². The number of fused-ring (bicyclic) bond motifs is 1. The molecule has 0 aromatic carbocycles. The van der Waals surface area contributed by atoms with Crippen molar-refractivity contribution in [3.05, 3.63) is 30.2 Å². The summed E-state index contributed by atoms with van der Waals surface area (Å²) in [5, 5.41) is 9.82. The first-order valence-electron chi connectivity index (χ1n) is 4.13. The molecule has 0 aliphatic carbocycles. The van der Waals surface area contributed by atoms with Crippen molar-refractivity contribution in [3.8, 4) is 6.07 Å². The molecule has 2 aromatic heterocycles. The third-order valence-electron chi connectivity index (χ3n) is 2.18. The molecule has 64 valence electrons. The van der Waals surface area contributed by atoms with Gasteiger partial charge in [0.2, 0.25) is 0 Å². The molecule has 3 heteroatoms. The number of nitriles is 1. The Kier molecular flexibility index (Phi) is 1.75. The number of hydrogen-bond acceptors (Lipinski definition) is 2. The molecule has 2 rings (SSSR count). The first kappa shape index (κ1) is 7.81. The lowest BCUT2D eigenvalue weighted by atomic mass is 10.0. The van der Waals surface area contributed by atoms with Crippen molar-refractivity contribution in [1.29, 1.82) is 5.26 Å². The molecule has 1 unspecified atom stereocenters. The van der Waals surface area contributed by atoms with Crippen LogP contribution in [-0.2, 0) is 0 Å². The molecular weight excluding hydrogens is 162 g/mol. The lowest BCUT2D eigenvalue weighted by Gasteiger charge is -1.97. The molecule has 0 saturated carbocycles. The monoisotopic (exact) mass is 171 g/mol. The summed E-state index contributed by atoms with van der Waals surface area (Å²) in [6.07, 6.45) is 5.40. The highest BCUT2D eigenvalue weighted by molar-refractivity contribution is 5.82. The second-order valence-electron chi connectivity index (χ2n) is 3.02. The summed E-state index contributed by atoms with van der Waals surface area (Å²) in [5.41, 5.74) is 2.05. The van der Waals surface area contributed by atoms with E-state index in [9.17, 15) is 0 Å². The van der Waals surface area contributed by atoms with Crippen LogP contribution in [0.4, 0.5) is 0 Å². The Morgan fingerprint density at radius 1 is 1.62 bits per heavy atom. The third-order valence-corrected chi connectivity index (χ3v) is 2.18. The number of H-pyrrole nitrogens is 1. The van der Waals surface area contributed by atoms with Crippen molar-refractivity contribution in [2.75, 3.05) is 0 Å². The zero-order valence-corrected chi connectivity index (χ0v) is 7.28. The molecule has 13 heavy (non-hydrogen) atoms. The molecule has 0 amide bonds. The molecule has 0 aliphatic rings. The second-order valence-corrected chi connectivity index (χ2v) is 3.02. The van der Waals surface area contributed by atoms with E-state index in [4.69, 9.17) is 5.26 Å². The maximum atomic E-state index is 8.78. The summed E-state index contributed by atoms with van der Waals surface area (Å²) in [6.45, 7) is 1.88. The van der Waals surface area contributed by atoms with Crippen LogP contribution in [0.5, 0.6) is 0 Å². The van der Waals surface area contributed by atoms with E-state index >= 15 is 0 Å². The molecule has 0 fully saturated rings. The van der Waals surface area contributed by atoms with Crippen LogP contribution in [0.25, 0.3) is 10.9 Å². The smallest absolute Gasteiger partial charge is 0.0706 e. The number of nitrogens with zero attached hydrogens (tertiary/aromatic N) is 2. The lowest BCUT2D eigenvalue weighted by molar-refractivity contribution is 0.992. The Hall–Kier alpha value is -1.82. The third kappa shape index (κ3) is 1.17. The van der Waals surface area contributed by atoms with Crippen molar-refractivity contribution in [1.82, 2.24) is 9.97 Å². The van der Waals surface area contributed by atoms with Gasteiger partial charge >= 0.3 is 0 Å². The lowest BCUT2D eigenvalue weighted by Crippen LogP contribution is -1.86. The minimum atomic E-state index is -0.0852. The van der Waals surface area contributed by atoms with Crippen LogP contribution in [-0.4, -0.2) is 9.97 Å². The van der Waals surface area contributed by atoms with E-state index < -0.39 is 0 Å². The van der Waals surface area contributed by atoms with Crippen LogP contribution < -0.4 is 0 Å². The van der Waals surface area contributed by atoms with Gasteiger partial charge in [-0.25, -0.2) is 0 Å². The Morgan fingerprint density at radius 3 is 3.23 bits per heavy atom. The zero-order chi connectivity index (χ0) is 9.26. The van der Waals surface area contributed by atoms with E-state index in [-0.39, 0.29) is 5.92 Å². The molecule has 0 aliphatic heterocycles. The van der Waals surface area contributed by atoms with Crippen LogP contribution in [0.3, 0.4) is 0 Å². The molecule has 2 aromatic rings. The fourth-order valence-corrected chi connectivity index (χ4v) is 1.41. The average Bonchev–Trinajstić information content (AvgIpc) is 2.60. The Bertz CT molecular complexity index is 464. The van der Waals surface area contributed by atoms with Gasteiger partial charge in [-0.15, -0.1) is 0 Å². The number of rotatable bonds is 1. The first-order valence-corrected chi connectivity index (χ1v) is 4.13. The summed E-state index contributed by atoms with van der Waals surface area (Å²) < 4.78 is 0. The maximum Gasteiger partial charge on any atom is 0.0706 e. The van der Waals surface area contributed by atoms with Crippen molar-refractivity contribution in [3.63, 3.8) is 0 Å². The van der Waals surface area contributed by atoms with Gasteiger partial charge in [0, 0.05) is 29.5 Å². The van der Waals surface area contributed by atoms with Crippen LogP contribution in [0, 0.1) is 11.3 Å². The Balaban J connectivity index is 2.66. The zero-order valence-electron chi connectivity index (χ0n) is 7.28. The molecule has 2 heterocycles. The second kappa shape index (κ2) is 2.91. The highest BCUT2D eigenvalue weighted by atomic mass is 14.7. The summed E-state index contributed by atoms with van der Waals surface area (Å²) >= 11 is 0. The molecule has 1 N–H and O–H groups in total. The summed E-state index contributed by atoms with van der Waals surface area (Å²) in [4.78, 5) is 7.15. The largest absolute Gasteiger partial charge is 0.361 e. The van der Waals surface area contributed by atoms with Gasteiger partial charge in [-0.05, 0) is 18.6 Å². The number of pyridine rings is 1. The minimum absolute atomic E-state index is 0.0852. The van der Waals surface area contributed by atoms with Gasteiger partial charge in [0.05, 0.1) is 12.0 Å². The fraction of sp³-hybridized carbons (Fsp3) is 0.200. The van der Waals surface area contributed by atoms with Crippen LogP contribution >= 0.6 is 0 Å². The van der Waals surface area contributed by atoms with Crippen LogP contribution in [0.15, 0.2) is 24.7 Å². The molecule has 0 spiro atoms. The first-order chi connectivity index (χ1) is 6.33. The number of nitrogens with one attached hydrogen (secondary N) is 1. The summed E-state index contributed by atoms with van der Waals surface area (Å²) in [7, 11) is 0. The van der Waals surface area contributed by atoms with Gasteiger partial charge in [-0.1, -0.05) is 0 Å². The quantitative estimate of drug-likeness (QED) is 0.715. The van der Waals surface area contributed by atoms with Crippen molar-refractivity contribution in [2.45, 2.75) is 12.8 Å². The number of aromatic nitrogens is 2. The van der Waals surface area contributed by atoms with Gasteiger partial charge in [0.25, 0.3) is 0 Å². The fourth-order valence-electron chi connectivity index (χ4n) is 1.41. The predicted octanol–water partition coefficient (Wildman–Crippen LogP) is 2.19. The van der Waals surface area contributed by atoms with E-state index in [1.807, 2.05) is 19.2 Å². The molecule has 0 radical (unpaired) electrons. The number of aromatic amines is 1. The highest BCUT2D eigenvalue weighted by Gasteiger charge is 2.09. The predicted molar refractivity (Wildman–Crippen MR) is 50.1 cm³/mol. The van der Waals surface area contributed by atoms with Crippen LogP contribution in [0.1, 0.15) is 18.4 Å². The molecule has 0 saturated heterocycles. The molecule has 1 atom stereocenters. The normalized spacial score (nSPS) is 12.6. The van der Waals surface area contributed by atoms with Gasteiger partial charge in [0.15, 0.2) is 0 Å². The SMILES string of the molecule is CC(C#N)c1c[nH]c2ccncc12. The minimum Gasteiger partial charge on any atom is -0.361 e. The van der Waals surface area contributed by atoms with E-state index in [0.29, 0.717) is 0 Å².